The molecule has 0 radical (unpaired) electrons. The molecule has 1 atom stereocenters. The van der Waals surface area contributed by atoms with Gasteiger partial charge in [0.1, 0.15) is 36.5 Å². The Bertz CT molecular complexity index is 1050. The van der Waals surface area contributed by atoms with Crippen LogP contribution in [0.3, 0.4) is 0 Å². The number of rotatable bonds is 15. The Balaban J connectivity index is 2.36. The molecule has 0 spiro atoms. The lowest BCUT2D eigenvalue weighted by Crippen LogP contribution is -2.27. The molecule has 0 aliphatic rings. The minimum atomic E-state index is -4.78. The fourth-order valence-electron chi connectivity index (χ4n) is 3.16. The normalized spacial score (nSPS) is 12.9. The van der Waals surface area contributed by atoms with Crippen molar-refractivity contribution < 1.29 is 51.1 Å². The second-order valence-corrected chi connectivity index (χ2v) is 8.08. The minimum absolute atomic E-state index is 0.0105. The molecule has 0 N–H and O–H groups in total. The second-order valence-electron chi connectivity index (χ2n) is 7.33. The van der Waals surface area contributed by atoms with Gasteiger partial charge < -0.3 is 33.2 Å². The Kier molecular flexibility index (Phi) is 12.3. The van der Waals surface area contributed by atoms with Crippen LogP contribution in [0.2, 0.25) is 0 Å². The van der Waals surface area contributed by atoms with Crippen LogP contribution in [0.4, 0.5) is 13.2 Å². The summed E-state index contributed by atoms with van der Waals surface area (Å²) < 4.78 is 78.3. The van der Waals surface area contributed by atoms with E-state index >= 15 is 0 Å². The average molecular weight is 597 g/mol. The molecule has 0 fully saturated rings. The number of nitrogens with zero attached hydrogens (tertiary/aromatic N) is 2. The molecule has 206 valence electrons. The summed E-state index contributed by atoms with van der Waals surface area (Å²) in [5.41, 5.74) is -0.258. The molecule has 37 heavy (non-hydrogen) atoms. The fraction of sp³-hybridized carbons (Fsp3) is 0.478. The topological polar surface area (TPSA) is 99.5 Å². The zero-order chi connectivity index (χ0) is 27.4. The van der Waals surface area contributed by atoms with Gasteiger partial charge in [0, 0.05) is 14.2 Å². The zero-order valence-corrected chi connectivity index (χ0v) is 22.3. The molecule has 0 amide bonds. The molecule has 2 aromatic rings. The first kappa shape index (κ1) is 30.6. The molecular formula is C23H28BrF3N2O8. The van der Waals surface area contributed by atoms with Crippen molar-refractivity contribution in [3.05, 3.63) is 51.8 Å². The van der Waals surface area contributed by atoms with E-state index in [2.05, 4.69) is 21.0 Å². The van der Waals surface area contributed by atoms with Crippen molar-refractivity contribution in [1.29, 1.82) is 0 Å². The van der Waals surface area contributed by atoms with E-state index in [9.17, 15) is 18.0 Å². The Morgan fingerprint density at radius 1 is 1.14 bits per heavy atom. The lowest BCUT2D eigenvalue weighted by Gasteiger charge is -2.18. The van der Waals surface area contributed by atoms with Crippen LogP contribution in [-0.4, -0.2) is 70.5 Å². The van der Waals surface area contributed by atoms with Crippen LogP contribution in [0.15, 0.2) is 35.1 Å². The first-order chi connectivity index (χ1) is 17.7. The molecule has 14 heteroatoms. The van der Waals surface area contributed by atoms with Gasteiger partial charge in [0.2, 0.25) is 5.88 Å². The van der Waals surface area contributed by atoms with Crippen molar-refractivity contribution in [2.75, 3.05) is 48.6 Å². The molecular weight excluding hydrogens is 569 g/mol. The van der Waals surface area contributed by atoms with Crippen LogP contribution in [0, 0.1) is 0 Å². The van der Waals surface area contributed by atoms with Gasteiger partial charge in [-0.15, -0.1) is 5.10 Å². The van der Waals surface area contributed by atoms with Crippen LogP contribution < -0.4 is 4.74 Å². The Labute approximate surface area is 220 Å². The van der Waals surface area contributed by atoms with Gasteiger partial charge in [-0.2, -0.15) is 13.2 Å². The smallest absolute Gasteiger partial charge is 0.424 e. The molecule has 1 aromatic heterocycles. The van der Waals surface area contributed by atoms with Crippen LogP contribution in [-0.2, 0) is 52.5 Å². The summed E-state index contributed by atoms with van der Waals surface area (Å²) in [6.07, 6.45) is -4.31. The largest absolute Gasteiger partial charge is 0.503 e. The summed E-state index contributed by atoms with van der Waals surface area (Å²) in [5.74, 6) is -1.34. The number of benzene rings is 1. The van der Waals surface area contributed by atoms with E-state index < -0.39 is 29.7 Å². The van der Waals surface area contributed by atoms with Gasteiger partial charge >= 0.3 is 12.1 Å². The van der Waals surface area contributed by atoms with Crippen molar-refractivity contribution in [1.82, 2.24) is 9.78 Å². The lowest BCUT2D eigenvalue weighted by atomic mass is 10.0. The lowest BCUT2D eigenvalue weighted by molar-refractivity contribution is -0.140. The summed E-state index contributed by atoms with van der Waals surface area (Å²) in [6.45, 7) is -0.568. The Morgan fingerprint density at radius 2 is 1.84 bits per heavy atom. The van der Waals surface area contributed by atoms with E-state index in [1.54, 1.807) is 24.3 Å². The standard InChI is InChI=1S/C23H28BrF3N2O8/c1-31-12-18(22(30)34-4)17-8-6-5-7-15(17)10-36-21-19(23(25,26)27)20(24)29(28-21)9-16(37-14-33-3)11-35-13-32-2/h5-8,12,16H,9-11,13-14H2,1-4H3/b18-12+. The van der Waals surface area contributed by atoms with E-state index in [1.165, 1.54) is 34.7 Å². The molecule has 10 nitrogen and oxygen atoms in total. The predicted octanol–water partition coefficient (Wildman–Crippen LogP) is 4.01. The molecule has 0 saturated heterocycles. The number of aromatic nitrogens is 2. The third-order valence-corrected chi connectivity index (χ3v) is 5.56. The SMILES string of the molecule is CO/C=C(/C(=O)OC)c1ccccc1COc1nn(CC(COCOC)OCOC)c(Br)c1C(F)(F)F. The predicted molar refractivity (Wildman–Crippen MR) is 127 cm³/mol. The number of ether oxygens (including phenoxy) is 7. The van der Waals surface area contributed by atoms with Gasteiger partial charge in [-0.3, -0.25) is 4.68 Å². The van der Waals surface area contributed by atoms with Gasteiger partial charge in [0.15, 0.2) is 5.56 Å². The number of hydrogen-bond acceptors (Lipinski definition) is 9. The quantitative estimate of drug-likeness (QED) is 0.0992. The van der Waals surface area contributed by atoms with Crippen LogP contribution >= 0.6 is 15.9 Å². The minimum Gasteiger partial charge on any atom is -0.503 e. The number of esters is 1. The Morgan fingerprint density at radius 3 is 2.46 bits per heavy atom. The van der Waals surface area contributed by atoms with Crippen LogP contribution in [0.5, 0.6) is 5.88 Å². The Hall–Kier alpha value is -2.65. The summed E-state index contributed by atoms with van der Waals surface area (Å²) in [5, 5.41) is 4.02. The maximum atomic E-state index is 14.0. The van der Waals surface area contributed by atoms with E-state index in [0.717, 1.165) is 4.68 Å². The first-order valence-electron chi connectivity index (χ1n) is 10.7. The van der Waals surface area contributed by atoms with Crippen molar-refractivity contribution >= 4 is 27.5 Å². The average Bonchev–Trinajstić information content (AvgIpc) is 3.19. The highest BCUT2D eigenvalue weighted by Gasteiger charge is 2.41. The number of alkyl halides is 3. The molecule has 1 heterocycles. The van der Waals surface area contributed by atoms with E-state index in [0.29, 0.717) is 11.1 Å². The molecule has 0 aliphatic heterocycles. The van der Waals surface area contributed by atoms with Crippen LogP contribution in [0.1, 0.15) is 16.7 Å². The molecule has 0 saturated carbocycles. The maximum Gasteiger partial charge on any atom is 0.424 e. The maximum absolute atomic E-state index is 14.0. The zero-order valence-electron chi connectivity index (χ0n) is 20.7. The molecule has 1 unspecified atom stereocenters. The molecule has 0 bridgehead atoms. The summed E-state index contributed by atoms with van der Waals surface area (Å²) in [6, 6.07) is 6.50. The van der Waals surface area contributed by atoms with E-state index in [-0.39, 0.29) is 43.5 Å². The number of hydrogen-bond donors (Lipinski definition) is 0. The van der Waals surface area contributed by atoms with Gasteiger partial charge in [-0.1, -0.05) is 24.3 Å². The monoisotopic (exact) mass is 596 g/mol. The number of halogens is 4. The summed E-state index contributed by atoms with van der Waals surface area (Å²) in [4.78, 5) is 12.2. The summed E-state index contributed by atoms with van der Waals surface area (Å²) >= 11 is 2.99. The van der Waals surface area contributed by atoms with Crippen LogP contribution in [0.25, 0.3) is 5.57 Å². The van der Waals surface area contributed by atoms with Crippen molar-refractivity contribution in [3.63, 3.8) is 0 Å². The van der Waals surface area contributed by atoms with Crippen molar-refractivity contribution in [3.8, 4) is 5.88 Å². The highest BCUT2D eigenvalue weighted by Crippen LogP contribution is 2.41. The van der Waals surface area contributed by atoms with Gasteiger partial charge in [-0.25, -0.2) is 4.79 Å². The highest BCUT2D eigenvalue weighted by molar-refractivity contribution is 9.10. The third kappa shape index (κ3) is 8.71. The van der Waals surface area contributed by atoms with E-state index in [4.69, 9.17) is 33.2 Å². The van der Waals surface area contributed by atoms with Crippen molar-refractivity contribution in [2.45, 2.75) is 25.4 Å². The second kappa shape index (κ2) is 14.9. The van der Waals surface area contributed by atoms with Gasteiger partial charge in [-0.05, 0) is 27.1 Å². The number of methoxy groups -OCH3 is 4. The first-order valence-corrected chi connectivity index (χ1v) is 11.5. The van der Waals surface area contributed by atoms with Gasteiger partial charge in [0.05, 0.1) is 33.6 Å². The number of carbonyl (C=O) groups excluding carboxylic acids is 1. The van der Waals surface area contributed by atoms with E-state index in [1.807, 2.05) is 0 Å². The molecule has 1 aromatic carbocycles. The molecule has 2 rings (SSSR count). The highest BCUT2D eigenvalue weighted by atomic mass is 79.9. The third-order valence-electron chi connectivity index (χ3n) is 4.76. The van der Waals surface area contributed by atoms with Crippen molar-refractivity contribution in [2.24, 2.45) is 0 Å². The number of carbonyl (C=O) groups is 1. The van der Waals surface area contributed by atoms with Gasteiger partial charge in [0.25, 0.3) is 0 Å². The summed E-state index contributed by atoms with van der Waals surface area (Å²) in [7, 11) is 5.40. The molecule has 0 aliphatic carbocycles. The fourth-order valence-corrected chi connectivity index (χ4v) is 3.78.